The summed E-state index contributed by atoms with van der Waals surface area (Å²) in [5, 5.41) is 6.24. The van der Waals surface area contributed by atoms with E-state index < -0.39 is 0 Å². The highest BCUT2D eigenvalue weighted by atomic mass is 32.1. The summed E-state index contributed by atoms with van der Waals surface area (Å²) < 4.78 is 1.74. The Kier molecular flexibility index (Phi) is 6.28. The van der Waals surface area contributed by atoms with E-state index in [-0.39, 0.29) is 35.9 Å². The van der Waals surface area contributed by atoms with Crippen LogP contribution in [0.5, 0.6) is 0 Å². The number of nitrogens with one attached hydrogen (secondary N) is 2. The standard InChI is InChI=1S/C18H26N6O3S/c1-4-11(2)21-13(25)9-24-10-20-15-14(17(24)27)28-18(22-15)23-7-5-6-12(8-23)16(26)19-3/h10-12H,4-9H2,1-3H3,(H,19,26)(H,21,25)/t11-,12-/m1/s1. The number of thiazole rings is 1. The minimum absolute atomic E-state index is 0.0265. The van der Waals surface area contributed by atoms with E-state index in [0.29, 0.717) is 22.0 Å². The summed E-state index contributed by atoms with van der Waals surface area (Å²) in [6, 6.07) is 0.0577. The number of nitrogens with zero attached hydrogens (tertiary/aromatic N) is 4. The van der Waals surface area contributed by atoms with E-state index in [1.165, 1.54) is 22.2 Å². The zero-order chi connectivity index (χ0) is 20.3. The molecule has 0 radical (unpaired) electrons. The van der Waals surface area contributed by atoms with Crippen LogP contribution >= 0.6 is 11.3 Å². The van der Waals surface area contributed by atoms with Crippen molar-refractivity contribution in [1.29, 1.82) is 0 Å². The molecular formula is C18H26N6O3S. The highest BCUT2D eigenvalue weighted by Crippen LogP contribution is 2.29. The molecule has 9 nitrogen and oxygen atoms in total. The summed E-state index contributed by atoms with van der Waals surface area (Å²) in [4.78, 5) is 47.6. The topological polar surface area (TPSA) is 109 Å². The predicted octanol–water partition coefficient (Wildman–Crippen LogP) is 0.730. The minimum atomic E-state index is -0.270. The lowest BCUT2D eigenvalue weighted by molar-refractivity contribution is -0.125. The number of piperidine rings is 1. The SMILES string of the molecule is CC[C@@H](C)NC(=O)Cn1cnc2nc(N3CCC[C@@H](C(=O)NC)C3)sc2c1=O. The molecular weight excluding hydrogens is 380 g/mol. The molecule has 0 aliphatic carbocycles. The van der Waals surface area contributed by atoms with E-state index in [2.05, 4.69) is 20.6 Å². The first-order valence-corrected chi connectivity index (χ1v) is 10.4. The van der Waals surface area contributed by atoms with Crippen LogP contribution in [0.2, 0.25) is 0 Å². The zero-order valence-electron chi connectivity index (χ0n) is 16.4. The van der Waals surface area contributed by atoms with E-state index in [9.17, 15) is 14.4 Å². The summed E-state index contributed by atoms with van der Waals surface area (Å²) >= 11 is 1.27. The van der Waals surface area contributed by atoms with Crippen LogP contribution < -0.4 is 21.1 Å². The molecule has 0 bridgehead atoms. The van der Waals surface area contributed by atoms with Gasteiger partial charge in [-0.15, -0.1) is 0 Å². The summed E-state index contributed by atoms with van der Waals surface area (Å²) in [6.07, 6.45) is 3.93. The normalized spacial score (nSPS) is 18.1. The zero-order valence-corrected chi connectivity index (χ0v) is 17.2. The fraction of sp³-hybridized carbons (Fsp3) is 0.611. The molecule has 2 N–H and O–H groups in total. The first-order valence-electron chi connectivity index (χ1n) is 9.54. The third-order valence-electron chi connectivity index (χ3n) is 5.02. The summed E-state index contributed by atoms with van der Waals surface area (Å²) in [5.74, 6) is -0.273. The molecule has 0 aromatic carbocycles. The van der Waals surface area contributed by atoms with Crippen LogP contribution in [0.25, 0.3) is 10.3 Å². The van der Waals surface area contributed by atoms with Gasteiger partial charge in [-0.1, -0.05) is 18.3 Å². The first-order chi connectivity index (χ1) is 13.4. The van der Waals surface area contributed by atoms with E-state index in [1.807, 2.05) is 18.7 Å². The Bertz CT molecular complexity index is 924. The van der Waals surface area contributed by atoms with Gasteiger partial charge in [0.15, 0.2) is 10.8 Å². The average molecular weight is 407 g/mol. The Labute approximate surface area is 167 Å². The Balaban J connectivity index is 1.80. The molecule has 1 aliphatic rings. The van der Waals surface area contributed by atoms with Crippen LogP contribution in [0.15, 0.2) is 11.1 Å². The quantitative estimate of drug-likeness (QED) is 0.732. The minimum Gasteiger partial charge on any atom is -0.359 e. The van der Waals surface area contributed by atoms with Crippen LogP contribution in [0.1, 0.15) is 33.1 Å². The molecule has 2 aromatic heterocycles. The lowest BCUT2D eigenvalue weighted by Crippen LogP contribution is -2.42. The van der Waals surface area contributed by atoms with Crippen molar-refractivity contribution >= 4 is 38.6 Å². The highest BCUT2D eigenvalue weighted by molar-refractivity contribution is 7.22. The molecule has 0 saturated carbocycles. The van der Waals surface area contributed by atoms with Crippen LogP contribution in [0.3, 0.4) is 0 Å². The molecule has 28 heavy (non-hydrogen) atoms. The van der Waals surface area contributed by atoms with Gasteiger partial charge in [0.05, 0.1) is 5.92 Å². The fourth-order valence-corrected chi connectivity index (χ4v) is 4.23. The molecule has 0 spiro atoms. The molecule has 0 unspecified atom stereocenters. The molecule has 1 fully saturated rings. The third-order valence-corrected chi connectivity index (χ3v) is 6.11. The van der Waals surface area contributed by atoms with Gasteiger partial charge in [-0.2, -0.15) is 4.98 Å². The van der Waals surface area contributed by atoms with Crippen molar-refractivity contribution in [2.24, 2.45) is 5.92 Å². The molecule has 2 atom stereocenters. The fourth-order valence-electron chi connectivity index (χ4n) is 3.23. The molecule has 3 rings (SSSR count). The molecule has 10 heteroatoms. The number of anilines is 1. The van der Waals surface area contributed by atoms with E-state index >= 15 is 0 Å². The third kappa shape index (κ3) is 4.32. The predicted molar refractivity (Wildman–Crippen MR) is 109 cm³/mol. The number of hydrogen-bond donors (Lipinski definition) is 2. The number of carbonyl (C=O) groups excluding carboxylic acids is 2. The van der Waals surface area contributed by atoms with Gasteiger partial charge in [-0.3, -0.25) is 19.0 Å². The Morgan fingerprint density at radius 3 is 2.93 bits per heavy atom. The number of carbonyl (C=O) groups is 2. The smallest absolute Gasteiger partial charge is 0.273 e. The van der Waals surface area contributed by atoms with Gasteiger partial charge in [-0.05, 0) is 26.2 Å². The van der Waals surface area contributed by atoms with Crippen molar-refractivity contribution in [1.82, 2.24) is 25.2 Å². The Morgan fingerprint density at radius 2 is 2.21 bits per heavy atom. The maximum Gasteiger partial charge on any atom is 0.273 e. The molecule has 2 aromatic rings. The van der Waals surface area contributed by atoms with Crippen molar-refractivity contribution < 1.29 is 9.59 Å². The van der Waals surface area contributed by atoms with Crippen molar-refractivity contribution in [3.05, 3.63) is 16.7 Å². The van der Waals surface area contributed by atoms with Crippen LogP contribution in [0, 0.1) is 5.92 Å². The summed E-state index contributed by atoms with van der Waals surface area (Å²) in [5.41, 5.74) is 0.110. The average Bonchev–Trinajstić information content (AvgIpc) is 3.14. The summed E-state index contributed by atoms with van der Waals surface area (Å²) in [7, 11) is 1.64. The summed E-state index contributed by atoms with van der Waals surface area (Å²) in [6.45, 7) is 5.20. The highest BCUT2D eigenvalue weighted by Gasteiger charge is 2.27. The van der Waals surface area contributed by atoms with Crippen LogP contribution in [-0.2, 0) is 16.1 Å². The molecule has 152 valence electrons. The molecule has 1 aliphatic heterocycles. The second kappa shape index (κ2) is 8.68. The van der Waals surface area contributed by atoms with Gasteiger partial charge in [0.2, 0.25) is 11.8 Å². The first kappa shape index (κ1) is 20.2. The Morgan fingerprint density at radius 1 is 1.43 bits per heavy atom. The van der Waals surface area contributed by atoms with Crippen molar-refractivity contribution in [2.75, 3.05) is 25.0 Å². The van der Waals surface area contributed by atoms with Gasteiger partial charge < -0.3 is 15.5 Å². The van der Waals surface area contributed by atoms with Crippen LogP contribution in [-0.4, -0.2) is 52.5 Å². The molecule has 3 heterocycles. The number of aromatic nitrogens is 3. The maximum absolute atomic E-state index is 12.8. The van der Waals surface area contributed by atoms with Gasteiger partial charge >= 0.3 is 0 Å². The lowest BCUT2D eigenvalue weighted by atomic mass is 9.98. The van der Waals surface area contributed by atoms with Crippen molar-refractivity contribution in [2.45, 2.75) is 45.7 Å². The van der Waals surface area contributed by atoms with E-state index in [0.717, 1.165) is 25.8 Å². The largest absolute Gasteiger partial charge is 0.359 e. The van der Waals surface area contributed by atoms with Gasteiger partial charge in [0, 0.05) is 26.2 Å². The van der Waals surface area contributed by atoms with Crippen molar-refractivity contribution in [3.63, 3.8) is 0 Å². The monoisotopic (exact) mass is 406 g/mol. The van der Waals surface area contributed by atoms with E-state index in [4.69, 9.17) is 0 Å². The number of rotatable bonds is 6. The van der Waals surface area contributed by atoms with Crippen molar-refractivity contribution in [3.8, 4) is 0 Å². The van der Waals surface area contributed by atoms with Gasteiger partial charge in [0.1, 0.15) is 17.6 Å². The van der Waals surface area contributed by atoms with Gasteiger partial charge in [0.25, 0.3) is 5.56 Å². The Hall–Kier alpha value is -2.49. The van der Waals surface area contributed by atoms with E-state index in [1.54, 1.807) is 7.05 Å². The maximum atomic E-state index is 12.8. The lowest BCUT2D eigenvalue weighted by Gasteiger charge is -2.31. The number of amides is 2. The van der Waals surface area contributed by atoms with Gasteiger partial charge in [-0.25, -0.2) is 4.98 Å². The molecule has 1 saturated heterocycles. The second-order valence-electron chi connectivity index (χ2n) is 7.10. The number of hydrogen-bond acceptors (Lipinski definition) is 7. The number of fused-ring (bicyclic) bond motifs is 1. The van der Waals surface area contributed by atoms with Crippen LogP contribution in [0.4, 0.5) is 5.13 Å². The molecule has 2 amide bonds. The second-order valence-corrected chi connectivity index (χ2v) is 8.08.